The van der Waals surface area contributed by atoms with Gasteiger partial charge < -0.3 is 19.4 Å². The molecule has 0 amide bonds. The Kier molecular flexibility index (Phi) is 5.00. The Hall–Kier alpha value is -1.83. The Morgan fingerprint density at radius 3 is 2.71 bits per heavy atom. The minimum atomic E-state index is 0.588. The van der Waals surface area contributed by atoms with Crippen LogP contribution in [0.5, 0.6) is 0 Å². The second-order valence-electron chi connectivity index (χ2n) is 4.88. The van der Waals surface area contributed by atoms with Crippen LogP contribution in [0.15, 0.2) is 28.1 Å². The van der Waals surface area contributed by atoms with Gasteiger partial charge in [0.2, 0.25) is 0 Å². The number of aromatic nitrogens is 4. The first-order chi connectivity index (χ1) is 10.0. The van der Waals surface area contributed by atoms with E-state index < -0.39 is 0 Å². The number of aryl methyl sites for hydroxylation is 2. The number of hydrogen-bond donors (Lipinski definition) is 1. The molecule has 0 atom stereocenters. The Labute approximate surface area is 132 Å². The molecule has 0 spiro atoms. The molecule has 0 aliphatic heterocycles. The van der Waals surface area contributed by atoms with Gasteiger partial charge >= 0.3 is 0 Å². The van der Waals surface area contributed by atoms with Crippen molar-refractivity contribution in [3.8, 4) is 0 Å². The fraction of sp³-hybridized carbons (Fsp3) is 0.462. The van der Waals surface area contributed by atoms with Crippen LogP contribution in [0.25, 0.3) is 0 Å². The molecule has 21 heavy (non-hydrogen) atoms. The van der Waals surface area contributed by atoms with Gasteiger partial charge in [0.1, 0.15) is 6.33 Å². The van der Waals surface area contributed by atoms with E-state index in [-0.39, 0.29) is 0 Å². The molecular formula is C13H20BrN7. The molecule has 7 nitrogen and oxygen atoms in total. The molecule has 0 unspecified atom stereocenters. The first-order valence-electron chi connectivity index (χ1n) is 6.56. The maximum absolute atomic E-state index is 4.30. The van der Waals surface area contributed by atoms with Gasteiger partial charge in [-0.15, -0.1) is 10.2 Å². The average Bonchev–Trinajstić information content (AvgIpc) is 2.97. The summed E-state index contributed by atoms with van der Waals surface area (Å²) in [5.41, 5.74) is 1.20. The van der Waals surface area contributed by atoms with Crippen LogP contribution >= 0.6 is 15.9 Å². The highest BCUT2D eigenvalue weighted by Crippen LogP contribution is 2.14. The summed E-state index contributed by atoms with van der Waals surface area (Å²) in [4.78, 5) is 6.37. The standard InChI is InChI=1S/C13H20BrN7/c1-15-13(16-6-12-18-17-9-21(12)4)20(3)8-11-5-10(14)7-19(11)2/h5,7,9H,6,8H2,1-4H3,(H,15,16). The van der Waals surface area contributed by atoms with E-state index in [1.54, 1.807) is 13.4 Å². The van der Waals surface area contributed by atoms with Gasteiger partial charge in [-0.2, -0.15) is 0 Å². The third-order valence-corrected chi connectivity index (χ3v) is 3.69. The van der Waals surface area contributed by atoms with E-state index in [1.165, 1.54) is 5.69 Å². The number of nitrogens with one attached hydrogen (secondary N) is 1. The zero-order chi connectivity index (χ0) is 15.4. The summed E-state index contributed by atoms with van der Waals surface area (Å²) in [7, 11) is 7.73. The molecule has 0 fully saturated rings. The Balaban J connectivity index is 1.97. The number of hydrogen-bond acceptors (Lipinski definition) is 3. The number of guanidine groups is 1. The molecule has 8 heteroatoms. The van der Waals surface area contributed by atoms with Crippen molar-refractivity contribution in [3.63, 3.8) is 0 Å². The fourth-order valence-electron chi connectivity index (χ4n) is 2.05. The minimum Gasteiger partial charge on any atom is -0.352 e. The van der Waals surface area contributed by atoms with E-state index in [1.807, 2.05) is 31.9 Å². The lowest BCUT2D eigenvalue weighted by Crippen LogP contribution is -2.38. The van der Waals surface area contributed by atoms with Crippen LogP contribution in [0.3, 0.4) is 0 Å². The predicted molar refractivity (Wildman–Crippen MR) is 85.8 cm³/mol. The van der Waals surface area contributed by atoms with Gasteiger partial charge in [0.05, 0.1) is 13.1 Å². The highest BCUT2D eigenvalue weighted by molar-refractivity contribution is 9.10. The highest BCUT2D eigenvalue weighted by atomic mass is 79.9. The second-order valence-corrected chi connectivity index (χ2v) is 5.79. The topological polar surface area (TPSA) is 63.3 Å². The number of rotatable bonds is 4. The van der Waals surface area contributed by atoms with Gasteiger partial charge in [0.15, 0.2) is 11.8 Å². The highest BCUT2D eigenvalue weighted by Gasteiger charge is 2.10. The lowest BCUT2D eigenvalue weighted by molar-refractivity contribution is 0.460. The predicted octanol–water partition coefficient (Wildman–Crippen LogP) is 1.12. The quantitative estimate of drug-likeness (QED) is 0.660. The van der Waals surface area contributed by atoms with Crippen LogP contribution in [0.4, 0.5) is 0 Å². The van der Waals surface area contributed by atoms with Crippen molar-refractivity contribution in [2.24, 2.45) is 19.1 Å². The van der Waals surface area contributed by atoms with Crippen LogP contribution in [0, 0.1) is 0 Å². The monoisotopic (exact) mass is 353 g/mol. The van der Waals surface area contributed by atoms with Gasteiger partial charge in [0, 0.05) is 44.6 Å². The van der Waals surface area contributed by atoms with Crippen molar-refractivity contribution in [2.75, 3.05) is 14.1 Å². The molecule has 2 aromatic heterocycles. The number of aliphatic imine (C=N–C) groups is 1. The molecule has 1 N–H and O–H groups in total. The van der Waals surface area contributed by atoms with Gasteiger partial charge in [-0.1, -0.05) is 0 Å². The zero-order valence-corrected chi connectivity index (χ0v) is 14.3. The normalized spacial score (nSPS) is 11.8. The average molecular weight is 354 g/mol. The largest absolute Gasteiger partial charge is 0.352 e. The van der Waals surface area contributed by atoms with Crippen molar-refractivity contribution >= 4 is 21.9 Å². The molecule has 0 radical (unpaired) electrons. The molecule has 0 aliphatic carbocycles. The third-order valence-electron chi connectivity index (χ3n) is 3.26. The summed E-state index contributed by atoms with van der Waals surface area (Å²) < 4.78 is 5.06. The first kappa shape index (κ1) is 15.6. The van der Waals surface area contributed by atoms with Crippen LogP contribution in [-0.4, -0.2) is 44.3 Å². The summed E-state index contributed by atoms with van der Waals surface area (Å²) in [5.74, 6) is 1.68. The first-order valence-corrected chi connectivity index (χ1v) is 7.36. The Bertz CT molecular complexity index is 628. The number of halogens is 1. The third kappa shape index (κ3) is 3.84. The molecule has 2 rings (SSSR count). The van der Waals surface area contributed by atoms with E-state index in [0.717, 1.165) is 22.8 Å². The molecule has 2 heterocycles. The summed E-state index contributed by atoms with van der Waals surface area (Å²) in [6, 6.07) is 2.10. The van der Waals surface area contributed by atoms with Crippen LogP contribution < -0.4 is 5.32 Å². The van der Waals surface area contributed by atoms with Gasteiger partial charge in [0.25, 0.3) is 0 Å². The van der Waals surface area contributed by atoms with Crippen molar-refractivity contribution in [1.29, 1.82) is 0 Å². The smallest absolute Gasteiger partial charge is 0.194 e. The van der Waals surface area contributed by atoms with Gasteiger partial charge in [-0.05, 0) is 22.0 Å². The number of nitrogens with zero attached hydrogens (tertiary/aromatic N) is 6. The molecular weight excluding hydrogens is 334 g/mol. The lowest BCUT2D eigenvalue weighted by atomic mass is 10.4. The van der Waals surface area contributed by atoms with E-state index >= 15 is 0 Å². The van der Waals surface area contributed by atoms with Crippen molar-refractivity contribution in [3.05, 3.63) is 34.6 Å². The second kappa shape index (κ2) is 6.75. The van der Waals surface area contributed by atoms with Crippen LogP contribution in [0.2, 0.25) is 0 Å². The van der Waals surface area contributed by atoms with E-state index in [2.05, 4.69) is 52.0 Å². The van der Waals surface area contributed by atoms with E-state index in [4.69, 9.17) is 0 Å². The molecule has 0 aromatic carbocycles. The van der Waals surface area contributed by atoms with E-state index in [9.17, 15) is 0 Å². The molecule has 2 aromatic rings. The van der Waals surface area contributed by atoms with Gasteiger partial charge in [-0.3, -0.25) is 4.99 Å². The minimum absolute atomic E-state index is 0.588. The molecule has 0 saturated heterocycles. The fourth-order valence-corrected chi connectivity index (χ4v) is 2.62. The maximum atomic E-state index is 4.30. The van der Waals surface area contributed by atoms with Crippen LogP contribution in [0.1, 0.15) is 11.5 Å². The maximum Gasteiger partial charge on any atom is 0.194 e. The zero-order valence-electron chi connectivity index (χ0n) is 12.7. The summed E-state index contributed by atoms with van der Waals surface area (Å²) in [5, 5.41) is 11.2. The lowest BCUT2D eigenvalue weighted by Gasteiger charge is -2.22. The molecule has 114 valence electrons. The summed E-state index contributed by atoms with van der Waals surface area (Å²) in [6.07, 6.45) is 3.73. The Morgan fingerprint density at radius 1 is 1.43 bits per heavy atom. The SMILES string of the molecule is CN=C(NCc1nncn1C)N(C)Cc1cc(Br)cn1C. The molecule has 0 bridgehead atoms. The van der Waals surface area contributed by atoms with E-state index in [0.29, 0.717) is 6.54 Å². The van der Waals surface area contributed by atoms with Crippen LogP contribution in [-0.2, 0) is 27.2 Å². The van der Waals surface area contributed by atoms with Crippen molar-refractivity contribution in [2.45, 2.75) is 13.1 Å². The summed E-state index contributed by atoms with van der Waals surface area (Å²) >= 11 is 3.49. The summed E-state index contributed by atoms with van der Waals surface area (Å²) in [6.45, 7) is 1.35. The van der Waals surface area contributed by atoms with Crippen molar-refractivity contribution < 1.29 is 0 Å². The van der Waals surface area contributed by atoms with Crippen molar-refractivity contribution in [1.82, 2.24) is 29.5 Å². The molecule has 0 saturated carbocycles. The molecule has 0 aliphatic rings. The van der Waals surface area contributed by atoms with Gasteiger partial charge in [-0.25, -0.2) is 0 Å². The Morgan fingerprint density at radius 2 is 2.19 bits per heavy atom.